The Kier molecular flexibility index (Phi) is 2.70. The van der Waals surface area contributed by atoms with Gasteiger partial charge in [0.1, 0.15) is 0 Å². The van der Waals surface area contributed by atoms with Crippen molar-refractivity contribution < 1.29 is 0 Å². The highest BCUT2D eigenvalue weighted by Gasteiger charge is 2.15. The van der Waals surface area contributed by atoms with Gasteiger partial charge in [0, 0.05) is 5.41 Å². The van der Waals surface area contributed by atoms with Crippen molar-refractivity contribution in [2.24, 2.45) is 5.41 Å². The van der Waals surface area contributed by atoms with Crippen LogP contribution in [-0.2, 0) is 0 Å². The second-order valence-corrected chi connectivity index (χ2v) is 3.36. The van der Waals surface area contributed by atoms with E-state index in [2.05, 4.69) is 50.3 Å². The minimum absolute atomic E-state index is 0.290. The molecular formula is C11H16. The molecular weight excluding hydrogens is 132 g/mol. The van der Waals surface area contributed by atoms with Gasteiger partial charge in [-0.15, -0.1) is 0 Å². The number of rotatable bonds is 2. The lowest BCUT2D eigenvalue weighted by Crippen LogP contribution is -2.07. The normalized spacial score (nSPS) is 20.2. The minimum Gasteiger partial charge on any atom is -0.0748 e. The Bertz CT molecular complexity index is 178. The van der Waals surface area contributed by atoms with Crippen LogP contribution < -0.4 is 0 Å². The summed E-state index contributed by atoms with van der Waals surface area (Å²) in [5.41, 5.74) is 0.290. The fourth-order valence-electron chi connectivity index (χ4n) is 1.44. The van der Waals surface area contributed by atoms with Crippen molar-refractivity contribution in [3.8, 4) is 0 Å². The monoisotopic (exact) mass is 148 g/mol. The average molecular weight is 148 g/mol. The van der Waals surface area contributed by atoms with Crippen LogP contribution in [0.2, 0.25) is 0 Å². The Labute approximate surface area is 69.3 Å². The van der Waals surface area contributed by atoms with Crippen LogP contribution in [-0.4, -0.2) is 0 Å². The van der Waals surface area contributed by atoms with Gasteiger partial charge in [0.05, 0.1) is 0 Å². The molecule has 1 aliphatic carbocycles. The molecule has 1 rings (SSSR count). The molecule has 0 bridgehead atoms. The maximum absolute atomic E-state index is 2.27. The van der Waals surface area contributed by atoms with Gasteiger partial charge in [0.2, 0.25) is 0 Å². The average Bonchev–Trinajstić information content (AvgIpc) is 2.15. The van der Waals surface area contributed by atoms with Gasteiger partial charge in [0.15, 0.2) is 0 Å². The van der Waals surface area contributed by atoms with Gasteiger partial charge in [-0.1, -0.05) is 56.7 Å². The molecule has 0 heteroatoms. The smallest absolute Gasteiger partial charge is 0.00388 e. The van der Waals surface area contributed by atoms with E-state index < -0.39 is 0 Å². The van der Waals surface area contributed by atoms with E-state index in [0.717, 1.165) is 0 Å². The van der Waals surface area contributed by atoms with Gasteiger partial charge in [-0.05, 0) is 6.42 Å². The summed E-state index contributed by atoms with van der Waals surface area (Å²) in [6.45, 7) is 4.50. The first-order chi connectivity index (χ1) is 5.27. The van der Waals surface area contributed by atoms with Crippen molar-refractivity contribution in [3.63, 3.8) is 0 Å². The molecule has 0 amide bonds. The third-order valence-electron chi connectivity index (χ3n) is 2.08. The Morgan fingerprint density at radius 2 is 1.55 bits per heavy atom. The van der Waals surface area contributed by atoms with Crippen molar-refractivity contribution in [3.05, 3.63) is 36.5 Å². The highest BCUT2D eigenvalue weighted by molar-refractivity contribution is 5.23. The third kappa shape index (κ3) is 2.38. The molecule has 0 aliphatic heterocycles. The summed E-state index contributed by atoms with van der Waals surface area (Å²) in [6.07, 6.45) is 15.5. The lowest BCUT2D eigenvalue weighted by molar-refractivity contribution is 0.493. The molecule has 0 nitrogen and oxygen atoms in total. The standard InChI is InChI=1S/C11H16/c1-3-8-11(2)9-6-4-5-7-10-11/h4-7,9-10H,3,8H2,1-2H3. The van der Waals surface area contributed by atoms with Gasteiger partial charge in [-0.25, -0.2) is 0 Å². The van der Waals surface area contributed by atoms with Crippen molar-refractivity contribution in [1.29, 1.82) is 0 Å². The van der Waals surface area contributed by atoms with Gasteiger partial charge in [-0.3, -0.25) is 0 Å². The molecule has 0 N–H and O–H groups in total. The second-order valence-electron chi connectivity index (χ2n) is 3.36. The topological polar surface area (TPSA) is 0 Å². The summed E-state index contributed by atoms with van der Waals surface area (Å²) in [5.74, 6) is 0. The van der Waals surface area contributed by atoms with Gasteiger partial charge < -0.3 is 0 Å². The molecule has 1 aliphatic rings. The Morgan fingerprint density at radius 3 is 2.00 bits per heavy atom. The molecule has 0 heterocycles. The van der Waals surface area contributed by atoms with E-state index in [1.807, 2.05) is 0 Å². The van der Waals surface area contributed by atoms with Crippen molar-refractivity contribution in [2.75, 3.05) is 0 Å². The molecule has 0 atom stereocenters. The van der Waals surface area contributed by atoms with Crippen LogP contribution in [0.3, 0.4) is 0 Å². The summed E-state index contributed by atoms with van der Waals surface area (Å²) in [7, 11) is 0. The first-order valence-corrected chi connectivity index (χ1v) is 4.30. The summed E-state index contributed by atoms with van der Waals surface area (Å²) in [6, 6.07) is 0. The van der Waals surface area contributed by atoms with Crippen LogP contribution in [0.15, 0.2) is 36.5 Å². The fraction of sp³-hybridized carbons (Fsp3) is 0.455. The quantitative estimate of drug-likeness (QED) is 0.562. The lowest BCUT2D eigenvalue weighted by atomic mass is 9.85. The maximum atomic E-state index is 2.27. The molecule has 11 heavy (non-hydrogen) atoms. The zero-order valence-corrected chi connectivity index (χ0v) is 7.38. The number of hydrogen-bond donors (Lipinski definition) is 0. The largest absolute Gasteiger partial charge is 0.0748 e. The molecule has 0 unspecified atom stereocenters. The van der Waals surface area contributed by atoms with Crippen molar-refractivity contribution in [2.45, 2.75) is 26.7 Å². The molecule has 0 radical (unpaired) electrons. The predicted molar refractivity (Wildman–Crippen MR) is 50.4 cm³/mol. The van der Waals surface area contributed by atoms with E-state index in [9.17, 15) is 0 Å². The first-order valence-electron chi connectivity index (χ1n) is 4.30. The summed E-state index contributed by atoms with van der Waals surface area (Å²) in [4.78, 5) is 0. The molecule has 0 aromatic carbocycles. The first kappa shape index (κ1) is 8.32. The van der Waals surface area contributed by atoms with E-state index in [1.165, 1.54) is 12.8 Å². The number of hydrogen-bond acceptors (Lipinski definition) is 0. The van der Waals surface area contributed by atoms with E-state index in [1.54, 1.807) is 0 Å². The highest BCUT2D eigenvalue weighted by atomic mass is 14.2. The Hall–Kier alpha value is -0.780. The van der Waals surface area contributed by atoms with E-state index >= 15 is 0 Å². The van der Waals surface area contributed by atoms with Gasteiger partial charge in [0.25, 0.3) is 0 Å². The fourth-order valence-corrected chi connectivity index (χ4v) is 1.44. The van der Waals surface area contributed by atoms with Crippen LogP contribution in [0, 0.1) is 5.41 Å². The second kappa shape index (κ2) is 3.56. The summed E-state index contributed by atoms with van der Waals surface area (Å²) >= 11 is 0. The number of allylic oxidation sites excluding steroid dienone is 6. The van der Waals surface area contributed by atoms with Crippen LogP contribution in [0.4, 0.5) is 0 Å². The van der Waals surface area contributed by atoms with Crippen LogP contribution >= 0.6 is 0 Å². The van der Waals surface area contributed by atoms with Crippen molar-refractivity contribution in [1.82, 2.24) is 0 Å². The van der Waals surface area contributed by atoms with Crippen LogP contribution in [0.1, 0.15) is 26.7 Å². The third-order valence-corrected chi connectivity index (χ3v) is 2.08. The summed E-state index contributed by atoms with van der Waals surface area (Å²) < 4.78 is 0. The molecule has 0 aromatic heterocycles. The molecule has 0 saturated carbocycles. The zero-order chi connectivity index (χ0) is 8.16. The van der Waals surface area contributed by atoms with E-state index in [-0.39, 0.29) is 5.41 Å². The van der Waals surface area contributed by atoms with Crippen molar-refractivity contribution >= 4 is 0 Å². The molecule has 0 fully saturated rings. The highest BCUT2D eigenvalue weighted by Crippen LogP contribution is 2.27. The minimum atomic E-state index is 0.290. The molecule has 0 aromatic rings. The lowest BCUT2D eigenvalue weighted by Gasteiger charge is -2.19. The SMILES string of the molecule is CCCC1(C)C=CC=CC=C1. The predicted octanol–water partition coefficient (Wildman–Crippen LogP) is 3.48. The molecule has 60 valence electrons. The Morgan fingerprint density at radius 1 is 1.00 bits per heavy atom. The molecule has 0 saturated heterocycles. The van der Waals surface area contributed by atoms with Crippen LogP contribution in [0.25, 0.3) is 0 Å². The van der Waals surface area contributed by atoms with Gasteiger partial charge >= 0.3 is 0 Å². The van der Waals surface area contributed by atoms with Gasteiger partial charge in [-0.2, -0.15) is 0 Å². The molecule has 0 spiro atoms. The summed E-state index contributed by atoms with van der Waals surface area (Å²) in [5, 5.41) is 0. The van der Waals surface area contributed by atoms with E-state index in [4.69, 9.17) is 0 Å². The maximum Gasteiger partial charge on any atom is 0.00388 e. The Balaban J connectivity index is 2.70. The van der Waals surface area contributed by atoms with E-state index in [0.29, 0.717) is 0 Å². The zero-order valence-electron chi connectivity index (χ0n) is 7.38. The van der Waals surface area contributed by atoms with Crippen LogP contribution in [0.5, 0.6) is 0 Å².